The Bertz CT molecular complexity index is 476. The molecule has 0 unspecified atom stereocenters. The van der Waals surface area contributed by atoms with Gasteiger partial charge in [0.1, 0.15) is 0 Å². The summed E-state index contributed by atoms with van der Waals surface area (Å²) in [6, 6.07) is 0. The fourth-order valence-corrected chi connectivity index (χ4v) is 3.49. The number of rotatable bonds is 3. The van der Waals surface area contributed by atoms with Gasteiger partial charge >= 0.3 is 0 Å². The first-order valence-corrected chi connectivity index (χ1v) is 7.12. The molecule has 0 aliphatic carbocycles. The lowest BCUT2D eigenvalue weighted by Gasteiger charge is -2.18. The fraction of sp³-hybridized carbons (Fsp3) is 0.625. The maximum atomic E-state index is 11.8. The van der Waals surface area contributed by atoms with Crippen LogP contribution < -0.4 is 4.89 Å². The quantitative estimate of drug-likeness (QED) is 0.863. The van der Waals surface area contributed by atoms with Crippen molar-refractivity contribution in [3.63, 3.8) is 0 Å². The number of aryl methyl sites for hydroxylation is 1. The molecule has 1 heterocycles. The van der Waals surface area contributed by atoms with Crippen molar-refractivity contribution < 1.29 is 13.3 Å². The molecule has 5 nitrogen and oxygen atoms in total. The molecular weight excluding hydrogens is 272 g/mol. The smallest absolute Gasteiger partial charge is 0.273 e. The summed E-state index contributed by atoms with van der Waals surface area (Å²) in [5.41, 5.74) is -0.241. The number of nitrogens with zero attached hydrogens (tertiary/aromatic N) is 1. The molecule has 0 radical (unpaired) electrons. The van der Waals surface area contributed by atoms with Gasteiger partial charge in [0, 0.05) is 0 Å². The number of thiazole rings is 1. The number of hydrogen-bond acceptors (Lipinski definition) is 5. The monoisotopic (exact) mass is 284 g/mol. The minimum atomic E-state index is -3.70. The summed E-state index contributed by atoms with van der Waals surface area (Å²) in [6.07, 6.45) is 0. The molecule has 16 heavy (non-hydrogen) atoms. The minimum Gasteiger partial charge on any atom is -0.281 e. The Kier molecular flexibility index (Phi) is 3.96. The van der Waals surface area contributed by atoms with E-state index in [-0.39, 0.29) is 8.68 Å². The highest BCUT2D eigenvalue weighted by atomic mass is 35.5. The Labute approximate surface area is 104 Å². The zero-order valence-electron chi connectivity index (χ0n) is 9.37. The van der Waals surface area contributed by atoms with E-state index in [0.717, 1.165) is 11.3 Å². The van der Waals surface area contributed by atoms with E-state index >= 15 is 0 Å². The number of sulfonamides is 1. The second-order valence-corrected chi connectivity index (χ2v) is 7.56. The first-order chi connectivity index (χ1) is 7.12. The predicted octanol–water partition coefficient (Wildman–Crippen LogP) is 2.11. The first-order valence-electron chi connectivity index (χ1n) is 4.44. The average Bonchev–Trinajstić information content (AvgIpc) is 2.42. The van der Waals surface area contributed by atoms with E-state index in [4.69, 9.17) is 16.4 Å². The maximum Gasteiger partial charge on any atom is 0.273 e. The molecule has 0 saturated heterocycles. The molecule has 0 amide bonds. The van der Waals surface area contributed by atoms with Gasteiger partial charge < -0.3 is 0 Å². The molecular formula is C8H13ClN2O3S2. The standard InChI is InChI=1S/C8H13ClN2O3S2/c1-5-6(15-7(9)10-5)16(12,13)11-14-8(2,3)4/h11H,1-4H3. The molecule has 1 rings (SSSR count). The molecule has 0 saturated carbocycles. The third-order valence-electron chi connectivity index (χ3n) is 1.43. The molecule has 0 spiro atoms. The molecule has 0 aliphatic heterocycles. The first kappa shape index (κ1) is 13.9. The maximum absolute atomic E-state index is 11.8. The van der Waals surface area contributed by atoms with E-state index in [1.165, 1.54) is 0 Å². The van der Waals surface area contributed by atoms with Gasteiger partial charge in [0.2, 0.25) is 0 Å². The van der Waals surface area contributed by atoms with E-state index in [2.05, 4.69) is 9.87 Å². The van der Waals surface area contributed by atoms with Gasteiger partial charge in [-0.1, -0.05) is 27.8 Å². The SMILES string of the molecule is Cc1nc(Cl)sc1S(=O)(=O)NOC(C)(C)C. The molecule has 1 N–H and O–H groups in total. The van der Waals surface area contributed by atoms with Crippen LogP contribution in [-0.4, -0.2) is 19.0 Å². The van der Waals surface area contributed by atoms with Crippen LogP contribution >= 0.6 is 22.9 Å². The summed E-state index contributed by atoms with van der Waals surface area (Å²) >= 11 is 6.53. The Morgan fingerprint density at radius 1 is 1.44 bits per heavy atom. The highest BCUT2D eigenvalue weighted by Crippen LogP contribution is 2.26. The summed E-state index contributed by atoms with van der Waals surface area (Å²) in [6.45, 7) is 6.79. The average molecular weight is 285 g/mol. The van der Waals surface area contributed by atoms with Crippen LogP contribution in [0.1, 0.15) is 26.5 Å². The van der Waals surface area contributed by atoms with Crippen LogP contribution in [0.15, 0.2) is 4.21 Å². The normalized spacial score (nSPS) is 13.1. The zero-order valence-corrected chi connectivity index (χ0v) is 11.8. The van der Waals surface area contributed by atoms with E-state index in [1.807, 2.05) is 0 Å². The summed E-state index contributed by atoms with van der Waals surface area (Å²) in [5, 5.41) is 0. The lowest BCUT2D eigenvalue weighted by atomic mass is 10.2. The predicted molar refractivity (Wildman–Crippen MR) is 63.0 cm³/mol. The van der Waals surface area contributed by atoms with Crippen molar-refractivity contribution in [1.82, 2.24) is 9.87 Å². The van der Waals surface area contributed by atoms with Crippen molar-refractivity contribution in [2.75, 3.05) is 0 Å². The van der Waals surface area contributed by atoms with Gasteiger partial charge in [-0.05, 0) is 27.7 Å². The van der Waals surface area contributed by atoms with Crippen LogP contribution in [0.25, 0.3) is 0 Å². The topological polar surface area (TPSA) is 68.3 Å². The third-order valence-corrected chi connectivity index (χ3v) is 4.48. The van der Waals surface area contributed by atoms with Crippen molar-refractivity contribution in [2.24, 2.45) is 0 Å². The van der Waals surface area contributed by atoms with Crippen LogP contribution in [0.3, 0.4) is 0 Å². The van der Waals surface area contributed by atoms with Crippen LogP contribution in [0.5, 0.6) is 0 Å². The summed E-state index contributed by atoms with van der Waals surface area (Å²) in [5.74, 6) is 0. The summed E-state index contributed by atoms with van der Waals surface area (Å²) in [7, 11) is -3.70. The molecule has 0 aromatic carbocycles. The van der Waals surface area contributed by atoms with E-state index in [9.17, 15) is 8.42 Å². The number of hydrogen-bond donors (Lipinski definition) is 1. The van der Waals surface area contributed by atoms with Crippen LogP contribution in [0.4, 0.5) is 0 Å². The van der Waals surface area contributed by atoms with E-state index < -0.39 is 15.6 Å². The van der Waals surface area contributed by atoms with Crippen molar-refractivity contribution >= 4 is 33.0 Å². The Morgan fingerprint density at radius 2 is 2.00 bits per heavy atom. The van der Waals surface area contributed by atoms with Gasteiger partial charge in [-0.3, -0.25) is 4.84 Å². The van der Waals surface area contributed by atoms with Crippen molar-refractivity contribution in [2.45, 2.75) is 37.5 Å². The van der Waals surface area contributed by atoms with Crippen LogP contribution in [0.2, 0.25) is 4.47 Å². The largest absolute Gasteiger partial charge is 0.281 e. The lowest BCUT2D eigenvalue weighted by molar-refractivity contribution is -0.0357. The highest BCUT2D eigenvalue weighted by Gasteiger charge is 2.24. The van der Waals surface area contributed by atoms with Gasteiger partial charge in [-0.25, -0.2) is 13.4 Å². The third kappa shape index (κ3) is 3.67. The van der Waals surface area contributed by atoms with Gasteiger partial charge in [-0.2, -0.15) is 0 Å². The minimum absolute atomic E-state index is 0.0711. The van der Waals surface area contributed by atoms with Crippen LogP contribution in [0, 0.1) is 6.92 Å². The number of halogens is 1. The fourth-order valence-electron chi connectivity index (χ4n) is 0.818. The lowest BCUT2D eigenvalue weighted by Crippen LogP contribution is -2.33. The summed E-state index contributed by atoms with van der Waals surface area (Å²) in [4.78, 5) is 10.9. The zero-order chi connectivity index (χ0) is 12.6. The molecule has 0 atom stereocenters. The van der Waals surface area contributed by atoms with Crippen molar-refractivity contribution in [1.29, 1.82) is 0 Å². The Hall–Kier alpha value is -0.210. The van der Waals surface area contributed by atoms with Crippen molar-refractivity contribution in [3.05, 3.63) is 10.2 Å². The van der Waals surface area contributed by atoms with E-state index in [0.29, 0.717) is 5.69 Å². The number of nitrogens with one attached hydrogen (secondary N) is 1. The molecule has 0 aliphatic rings. The van der Waals surface area contributed by atoms with Gasteiger partial charge in [0.05, 0.1) is 11.3 Å². The Morgan fingerprint density at radius 3 is 2.38 bits per heavy atom. The second-order valence-electron chi connectivity index (χ2n) is 4.14. The number of aromatic nitrogens is 1. The highest BCUT2D eigenvalue weighted by molar-refractivity contribution is 7.91. The van der Waals surface area contributed by atoms with Gasteiger partial charge in [0.25, 0.3) is 10.0 Å². The second kappa shape index (κ2) is 4.58. The van der Waals surface area contributed by atoms with Crippen molar-refractivity contribution in [3.8, 4) is 0 Å². The molecule has 92 valence electrons. The molecule has 1 aromatic heterocycles. The Balaban J connectivity index is 2.91. The molecule has 0 bridgehead atoms. The summed E-state index contributed by atoms with van der Waals surface area (Å²) < 4.78 is 23.8. The van der Waals surface area contributed by atoms with Gasteiger partial charge in [-0.15, -0.1) is 0 Å². The molecule has 1 aromatic rings. The van der Waals surface area contributed by atoms with E-state index in [1.54, 1.807) is 27.7 Å². The van der Waals surface area contributed by atoms with Gasteiger partial charge in [0.15, 0.2) is 8.68 Å². The molecule has 8 heteroatoms. The van der Waals surface area contributed by atoms with Crippen LogP contribution in [-0.2, 0) is 14.9 Å². The molecule has 0 fully saturated rings.